The van der Waals surface area contributed by atoms with Gasteiger partial charge in [-0.25, -0.2) is 4.98 Å². The van der Waals surface area contributed by atoms with E-state index in [2.05, 4.69) is 44.0 Å². The minimum absolute atomic E-state index is 0.603. The highest BCUT2D eigenvalue weighted by molar-refractivity contribution is 5.37. The van der Waals surface area contributed by atoms with Crippen LogP contribution in [0.25, 0.3) is 0 Å². The average molecular weight is 255 g/mol. The Kier molecular flexibility index (Phi) is 4.56. The largest absolute Gasteiger partial charge is 0.439 e. The van der Waals surface area contributed by atoms with E-state index in [0.29, 0.717) is 11.8 Å². The van der Waals surface area contributed by atoms with Gasteiger partial charge in [0.15, 0.2) is 0 Å². The molecule has 2 aromatic rings. The molecular weight excluding hydrogens is 234 g/mol. The molecule has 0 atom stereocenters. The van der Waals surface area contributed by atoms with Crippen molar-refractivity contribution in [3.63, 3.8) is 0 Å². The predicted octanol–water partition coefficient (Wildman–Crippen LogP) is 5.09. The van der Waals surface area contributed by atoms with Crippen LogP contribution in [-0.4, -0.2) is 4.98 Å². The van der Waals surface area contributed by atoms with Crippen molar-refractivity contribution < 1.29 is 4.74 Å². The summed E-state index contributed by atoms with van der Waals surface area (Å²) < 4.78 is 5.83. The third-order valence-electron chi connectivity index (χ3n) is 3.39. The van der Waals surface area contributed by atoms with Gasteiger partial charge in [-0.1, -0.05) is 26.0 Å². The molecule has 0 radical (unpaired) electrons. The summed E-state index contributed by atoms with van der Waals surface area (Å²) in [6, 6.07) is 12.1. The molecule has 2 rings (SSSR count). The molecule has 0 bridgehead atoms. The van der Waals surface area contributed by atoms with E-state index in [1.54, 1.807) is 6.20 Å². The minimum atomic E-state index is 0.603. The van der Waals surface area contributed by atoms with Crippen molar-refractivity contribution in [3.05, 3.63) is 53.7 Å². The van der Waals surface area contributed by atoms with Crippen LogP contribution in [0.15, 0.2) is 42.6 Å². The van der Waals surface area contributed by atoms with Crippen LogP contribution >= 0.6 is 0 Å². The standard InChI is InChI=1S/C17H21NO/c1-4-14(5-2)15-10-13(3)11-16(12-15)19-17-8-6-7-9-18-17/h6-12,14H,4-5H2,1-3H3. The first-order valence-corrected chi connectivity index (χ1v) is 6.93. The fourth-order valence-electron chi connectivity index (χ4n) is 2.36. The van der Waals surface area contributed by atoms with Gasteiger partial charge < -0.3 is 4.74 Å². The van der Waals surface area contributed by atoms with Crippen molar-refractivity contribution in [2.75, 3.05) is 0 Å². The van der Waals surface area contributed by atoms with Crippen LogP contribution in [0.5, 0.6) is 11.6 Å². The lowest BCUT2D eigenvalue weighted by Crippen LogP contribution is -1.97. The van der Waals surface area contributed by atoms with E-state index in [0.717, 1.165) is 18.6 Å². The van der Waals surface area contributed by atoms with Gasteiger partial charge >= 0.3 is 0 Å². The Hall–Kier alpha value is -1.83. The van der Waals surface area contributed by atoms with Crippen LogP contribution in [0.4, 0.5) is 0 Å². The summed E-state index contributed by atoms with van der Waals surface area (Å²) in [5.41, 5.74) is 2.59. The predicted molar refractivity (Wildman–Crippen MR) is 78.8 cm³/mol. The summed E-state index contributed by atoms with van der Waals surface area (Å²) in [5.74, 6) is 2.12. The molecular formula is C17H21NO. The molecule has 0 amide bonds. The number of aryl methyl sites for hydroxylation is 1. The monoisotopic (exact) mass is 255 g/mol. The van der Waals surface area contributed by atoms with E-state index in [-0.39, 0.29) is 0 Å². The first-order chi connectivity index (χ1) is 9.22. The zero-order valence-electron chi connectivity index (χ0n) is 11.9. The van der Waals surface area contributed by atoms with Crippen LogP contribution in [0.2, 0.25) is 0 Å². The van der Waals surface area contributed by atoms with Crippen LogP contribution in [-0.2, 0) is 0 Å². The number of pyridine rings is 1. The molecule has 0 unspecified atom stereocenters. The fraction of sp³-hybridized carbons (Fsp3) is 0.353. The van der Waals surface area contributed by atoms with E-state index >= 15 is 0 Å². The van der Waals surface area contributed by atoms with Gasteiger partial charge in [0.25, 0.3) is 0 Å². The molecule has 2 nitrogen and oxygen atoms in total. The van der Waals surface area contributed by atoms with Crippen LogP contribution in [0.3, 0.4) is 0 Å². The molecule has 0 saturated heterocycles. The first-order valence-electron chi connectivity index (χ1n) is 6.93. The molecule has 0 N–H and O–H groups in total. The third kappa shape index (κ3) is 3.57. The van der Waals surface area contributed by atoms with Gasteiger partial charge in [0.1, 0.15) is 5.75 Å². The van der Waals surface area contributed by atoms with Gasteiger partial charge in [-0.3, -0.25) is 0 Å². The van der Waals surface area contributed by atoms with Crippen LogP contribution in [0.1, 0.15) is 43.7 Å². The maximum absolute atomic E-state index is 5.83. The second kappa shape index (κ2) is 6.37. The molecule has 0 saturated carbocycles. The molecule has 1 heterocycles. The highest BCUT2D eigenvalue weighted by Gasteiger charge is 2.09. The second-order valence-electron chi connectivity index (χ2n) is 4.86. The molecule has 2 heteroatoms. The summed E-state index contributed by atoms with van der Waals surface area (Å²) in [4.78, 5) is 4.20. The lowest BCUT2D eigenvalue weighted by Gasteiger charge is -2.15. The molecule has 100 valence electrons. The van der Waals surface area contributed by atoms with Gasteiger partial charge in [0.05, 0.1) is 0 Å². The lowest BCUT2D eigenvalue weighted by molar-refractivity contribution is 0.461. The Balaban J connectivity index is 2.26. The maximum atomic E-state index is 5.83. The van der Waals surface area contributed by atoms with Gasteiger partial charge in [-0.05, 0) is 55.0 Å². The maximum Gasteiger partial charge on any atom is 0.219 e. The number of hydrogen-bond acceptors (Lipinski definition) is 2. The van der Waals surface area contributed by atoms with Gasteiger partial charge in [0, 0.05) is 12.3 Å². The Morgan fingerprint density at radius 3 is 2.53 bits per heavy atom. The molecule has 19 heavy (non-hydrogen) atoms. The smallest absolute Gasteiger partial charge is 0.219 e. The molecule has 1 aromatic carbocycles. The topological polar surface area (TPSA) is 22.1 Å². The van der Waals surface area contributed by atoms with Crippen LogP contribution < -0.4 is 4.74 Å². The summed E-state index contributed by atoms with van der Waals surface area (Å²) in [5, 5.41) is 0. The SMILES string of the molecule is CCC(CC)c1cc(C)cc(Oc2ccccn2)c1. The Bertz CT molecular complexity index is 518. The van der Waals surface area contributed by atoms with Gasteiger partial charge in [0.2, 0.25) is 5.88 Å². The number of aromatic nitrogens is 1. The zero-order chi connectivity index (χ0) is 13.7. The summed E-state index contributed by atoms with van der Waals surface area (Å²) in [6.45, 7) is 6.57. The van der Waals surface area contributed by atoms with Crippen molar-refractivity contribution in [1.82, 2.24) is 4.98 Å². The zero-order valence-corrected chi connectivity index (χ0v) is 11.9. The number of rotatable bonds is 5. The average Bonchev–Trinajstić information content (AvgIpc) is 2.40. The highest BCUT2D eigenvalue weighted by atomic mass is 16.5. The Labute approximate surface area is 115 Å². The molecule has 0 fully saturated rings. The molecule has 0 spiro atoms. The van der Waals surface area contributed by atoms with E-state index in [1.165, 1.54) is 11.1 Å². The number of nitrogens with zero attached hydrogens (tertiary/aromatic N) is 1. The minimum Gasteiger partial charge on any atom is -0.439 e. The fourth-order valence-corrected chi connectivity index (χ4v) is 2.36. The Morgan fingerprint density at radius 2 is 1.89 bits per heavy atom. The number of ether oxygens (including phenoxy) is 1. The lowest BCUT2D eigenvalue weighted by atomic mass is 9.93. The van der Waals surface area contributed by atoms with E-state index in [1.807, 2.05) is 18.2 Å². The number of benzene rings is 1. The van der Waals surface area contributed by atoms with Crippen LogP contribution in [0, 0.1) is 6.92 Å². The second-order valence-corrected chi connectivity index (χ2v) is 4.86. The van der Waals surface area contributed by atoms with Crippen molar-refractivity contribution in [1.29, 1.82) is 0 Å². The van der Waals surface area contributed by atoms with Crippen molar-refractivity contribution >= 4 is 0 Å². The Morgan fingerprint density at radius 1 is 1.11 bits per heavy atom. The molecule has 1 aromatic heterocycles. The van der Waals surface area contributed by atoms with Gasteiger partial charge in [-0.15, -0.1) is 0 Å². The molecule has 0 aliphatic heterocycles. The van der Waals surface area contributed by atoms with Crippen molar-refractivity contribution in [3.8, 4) is 11.6 Å². The third-order valence-corrected chi connectivity index (χ3v) is 3.39. The van der Waals surface area contributed by atoms with E-state index in [9.17, 15) is 0 Å². The quantitative estimate of drug-likeness (QED) is 0.742. The van der Waals surface area contributed by atoms with E-state index in [4.69, 9.17) is 4.74 Å². The molecule has 0 aliphatic rings. The first kappa shape index (κ1) is 13.6. The summed E-state index contributed by atoms with van der Waals surface area (Å²) >= 11 is 0. The summed E-state index contributed by atoms with van der Waals surface area (Å²) in [7, 11) is 0. The normalized spacial score (nSPS) is 10.7. The van der Waals surface area contributed by atoms with E-state index < -0.39 is 0 Å². The molecule has 0 aliphatic carbocycles. The van der Waals surface area contributed by atoms with Gasteiger partial charge in [-0.2, -0.15) is 0 Å². The van der Waals surface area contributed by atoms with Crippen molar-refractivity contribution in [2.45, 2.75) is 39.5 Å². The highest BCUT2D eigenvalue weighted by Crippen LogP contribution is 2.29. The summed E-state index contributed by atoms with van der Waals surface area (Å²) in [6.07, 6.45) is 4.05. The van der Waals surface area contributed by atoms with Crippen molar-refractivity contribution in [2.24, 2.45) is 0 Å². The number of hydrogen-bond donors (Lipinski definition) is 0.